The van der Waals surface area contributed by atoms with Crippen molar-refractivity contribution in [3.8, 4) is 0 Å². The third kappa shape index (κ3) is 5.14. The Morgan fingerprint density at radius 2 is 2.28 bits per heavy atom. The van der Waals surface area contributed by atoms with Crippen LogP contribution in [0.4, 0.5) is 0 Å². The van der Waals surface area contributed by atoms with Gasteiger partial charge in [0.2, 0.25) is 5.91 Å². The lowest BCUT2D eigenvalue weighted by Gasteiger charge is -2.17. The fraction of sp³-hybridized carbons (Fsp3) is 0.692. The van der Waals surface area contributed by atoms with Crippen LogP contribution in [0.25, 0.3) is 0 Å². The van der Waals surface area contributed by atoms with E-state index in [9.17, 15) is 4.79 Å². The first kappa shape index (κ1) is 15.1. The number of nitrogens with zero attached hydrogens (tertiary/aromatic N) is 2. The number of carbonyl (C=O) groups is 1. The van der Waals surface area contributed by atoms with E-state index in [1.807, 2.05) is 19.5 Å². The average Bonchev–Trinajstić information content (AvgIpc) is 2.70. The standard InChI is InChI=1S/C13H23N3OS/c1-10(2)14-7-5-6-13(17)16(4)8-12-11(3)15-9-18-12/h9-10,14H,5-8H2,1-4H3. The molecule has 0 atom stereocenters. The summed E-state index contributed by atoms with van der Waals surface area (Å²) >= 11 is 1.61. The van der Waals surface area contributed by atoms with Gasteiger partial charge in [0.15, 0.2) is 0 Å². The molecule has 102 valence electrons. The van der Waals surface area contributed by atoms with Crippen molar-refractivity contribution in [3.63, 3.8) is 0 Å². The molecule has 0 aromatic carbocycles. The van der Waals surface area contributed by atoms with Crippen LogP contribution in [0.1, 0.15) is 37.3 Å². The topological polar surface area (TPSA) is 45.2 Å². The fourth-order valence-electron chi connectivity index (χ4n) is 1.60. The number of hydrogen-bond donors (Lipinski definition) is 1. The average molecular weight is 269 g/mol. The van der Waals surface area contributed by atoms with E-state index >= 15 is 0 Å². The summed E-state index contributed by atoms with van der Waals surface area (Å²) in [5, 5.41) is 3.32. The highest BCUT2D eigenvalue weighted by molar-refractivity contribution is 7.09. The van der Waals surface area contributed by atoms with Gasteiger partial charge in [-0.1, -0.05) is 13.8 Å². The van der Waals surface area contributed by atoms with Gasteiger partial charge in [0, 0.05) is 24.4 Å². The van der Waals surface area contributed by atoms with Gasteiger partial charge in [-0.3, -0.25) is 4.79 Å². The highest BCUT2D eigenvalue weighted by Crippen LogP contribution is 2.14. The molecule has 1 amide bonds. The first-order valence-corrected chi connectivity index (χ1v) is 7.25. The molecular formula is C13H23N3OS. The molecule has 0 aliphatic rings. The molecule has 0 saturated heterocycles. The van der Waals surface area contributed by atoms with E-state index in [1.54, 1.807) is 16.2 Å². The van der Waals surface area contributed by atoms with Crippen LogP contribution in [0.15, 0.2) is 5.51 Å². The summed E-state index contributed by atoms with van der Waals surface area (Å²) in [6.07, 6.45) is 1.50. The van der Waals surface area contributed by atoms with Crippen molar-refractivity contribution in [1.29, 1.82) is 0 Å². The lowest BCUT2D eigenvalue weighted by atomic mass is 10.2. The second-order valence-corrected chi connectivity index (χ2v) is 5.76. The monoisotopic (exact) mass is 269 g/mol. The lowest BCUT2D eigenvalue weighted by Crippen LogP contribution is -2.28. The van der Waals surface area contributed by atoms with Crippen molar-refractivity contribution in [2.75, 3.05) is 13.6 Å². The number of nitrogens with one attached hydrogen (secondary N) is 1. The van der Waals surface area contributed by atoms with E-state index in [0.717, 1.165) is 18.7 Å². The third-order valence-electron chi connectivity index (χ3n) is 2.77. The van der Waals surface area contributed by atoms with E-state index in [4.69, 9.17) is 0 Å². The molecule has 0 spiro atoms. The van der Waals surface area contributed by atoms with Gasteiger partial charge in [0.1, 0.15) is 0 Å². The smallest absolute Gasteiger partial charge is 0.222 e. The molecule has 0 fully saturated rings. The van der Waals surface area contributed by atoms with Gasteiger partial charge >= 0.3 is 0 Å². The molecule has 1 aromatic rings. The molecule has 0 bridgehead atoms. The van der Waals surface area contributed by atoms with E-state index in [1.165, 1.54) is 4.88 Å². The summed E-state index contributed by atoms with van der Waals surface area (Å²) in [6, 6.07) is 0.484. The van der Waals surface area contributed by atoms with Gasteiger partial charge < -0.3 is 10.2 Å². The van der Waals surface area contributed by atoms with Crippen LogP contribution < -0.4 is 5.32 Å². The quantitative estimate of drug-likeness (QED) is 0.772. The van der Waals surface area contributed by atoms with Crippen molar-refractivity contribution in [2.24, 2.45) is 0 Å². The Hall–Kier alpha value is -0.940. The zero-order chi connectivity index (χ0) is 13.5. The Morgan fingerprint density at radius 3 is 2.83 bits per heavy atom. The Kier molecular flexibility index (Phi) is 6.29. The number of aryl methyl sites for hydroxylation is 1. The first-order chi connectivity index (χ1) is 8.50. The van der Waals surface area contributed by atoms with Crippen molar-refractivity contribution in [3.05, 3.63) is 16.1 Å². The summed E-state index contributed by atoms with van der Waals surface area (Å²) in [4.78, 5) is 19.1. The molecule has 0 saturated carbocycles. The van der Waals surface area contributed by atoms with Gasteiger partial charge in [-0.2, -0.15) is 0 Å². The SMILES string of the molecule is Cc1ncsc1CN(C)C(=O)CCCNC(C)C. The van der Waals surface area contributed by atoms with Crippen LogP contribution in [0.2, 0.25) is 0 Å². The minimum absolute atomic E-state index is 0.202. The molecule has 4 nitrogen and oxygen atoms in total. The maximum atomic E-state index is 11.9. The molecule has 18 heavy (non-hydrogen) atoms. The summed E-state index contributed by atoms with van der Waals surface area (Å²) in [5.74, 6) is 0.202. The van der Waals surface area contributed by atoms with Gasteiger partial charge in [0.05, 0.1) is 17.7 Å². The second kappa shape index (κ2) is 7.48. The predicted molar refractivity (Wildman–Crippen MR) is 75.7 cm³/mol. The van der Waals surface area contributed by atoms with Crippen molar-refractivity contribution in [2.45, 2.75) is 46.2 Å². The molecular weight excluding hydrogens is 246 g/mol. The third-order valence-corrected chi connectivity index (χ3v) is 3.69. The van der Waals surface area contributed by atoms with Crippen LogP contribution in [-0.4, -0.2) is 35.4 Å². The molecule has 0 aliphatic heterocycles. The molecule has 5 heteroatoms. The van der Waals surface area contributed by atoms with Crippen LogP contribution in [-0.2, 0) is 11.3 Å². The van der Waals surface area contributed by atoms with Crippen LogP contribution in [0.3, 0.4) is 0 Å². The molecule has 1 N–H and O–H groups in total. The Morgan fingerprint density at radius 1 is 1.56 bits per heavy atom. The minimum Gasteiger partial charge on any atom is -0.341 e. The molecule has 0 unspecified atom stereocenters. The molecule has 0 aliphatic carbocycles. The van der Waals surface area contributed by atoms with Gasteiger partial charge in [-0.25, -0.2) is 4.98 Å². The summed E-state index contributed by atoms with van der Waals surface area (Å²) in [5.41, 5.74) is 2.86. The number of rotatable bonds is 7. The Labute approximate surface area is 113 Å². The Balaban J connectivity index is 2.27. The van der Waals surface area contributed by atoms with E-state index in [-0.39, 0.29) is 5.91 Å². The van der Waals surface area contributed by atoms with E-state index in [2.05, 4.69) is 24.1 Å². The lowest BCUT2D eigenvalue weighted by molar-refractivity contribution is -0.130. The van der Waals surface area contributed by atoms with Crippen molar-refractivity contribution >= 4 is 17.2 Å². The number of aromatic nitrogens is 1. The zero-order valence-electron chi connectivity index (χ0n) is 11.7. The van der Waals surface area contributed by atoms with Crippen molar-refractivity contribution < 1.29 is 4.79 Å². The fourth-order valence-corrected chi connectivity index (χ4v) is 2.43. The maximum absolute atomic E-state index is 11.9. The summed E-state index contributed by atoms with van der Waals surface area (Å²) in [6.45, 7) is 7.78. The highest BCUT2D eigenvalue weighted by Gasteiger charge is 2.11. The molecule has 1 rings (SSSR count). The molecule has 1 aromatic heterocycles. The zero-order valence-corrected chi connectivity index (χ0v) is 12.5. The minimum atomic E-state index is 0.202. The summed E-state index contributed by atoms with van der Waals surface area (Å²) in [7, 11) is 1.86. The number of carbonyl (C=O) groups excluding carboxylic acids is 1. The number of amides is 1. The van der Waals surface area contributed by atoms with Crippen LogP contribution in [0, 0.1) is 6.92 Å². The van der Waals surface area contributed by atoms with Crippen LogP contribution >= 0.6 is 11.3 Å². The largest absolute Gasteiger partial charge is 0.341 e. The predicted octanol–water partition coefficient (Wildman–Crippen LogP) is 2.19. The summed E-state index contributed by atoms with van der Waals surface area (Å²) < 4.78 is 0. The molecule has 0 radical (unpaired) electrons. The Bertz CT molecular complexity index is 376. The van der Waals surface area contributed by atoms with Crippen molar-refractivity contribution in [1.82, 2.24) is 15.2 Å². The van der Waals surface area contributed by atoms with E-state index < -0.39 is 0 Å². The normalized spacial score (nSPS) is 10.9. The van der Waals surface area contributed by atoms with E-state index in [0.29, 0.717) is 19.0 Å². The first-order valence-electron chi connectivity index (χ1n) is 6.37. The highest BCUT2D eigenvalue weighted by atomic mass is 32.1. The van der Waals surface area contributed by atoms with Gasteiger partial charge in [-0.15, -0.1) is 11.3 Å². The second-order valence-electron chi connectivity index (χ2n) is 4.82. The maximum Gasteiger partial charge on any atom is 0.222 e. The number of hydrogen-bond acceptors (Lipinski definition) is 4. The molecule has 1 heterocycles. The van der Waals surface area contributed by atoms with Gasteiger partial charge in [0.25, 0.3) is 0 Å². The van der Waals surface area contributed by atoms with Gasteiger partial charge in [-0.05, 0) is 19.9 Å². The van der Waals surface area contributed by atoms with Crippen LogP contribution in [0.5, 0.6) is 0 Å². The number of thiazole rings is 1.